The van der Waals surface area contributed by atoms with Crippen molar-refractivity contribution in [1.82, 2.24) is 44.9 Å². The summed E-state index contributed by atoms with van der Waals surface area (Å²) in [7, 11) is 2.57. The van der Waals surface area contributed by atoms with E-state index in [2.05, 4.69) is 43.4 Å². The van der Waals surface area contributed by atoms with Crippen molar-refractivity contribution in [2.24, 2.45) is 11.8 Å². The van der Waals surface area contributed by atoms with Gasteiger partial charge >= 0.3 is 12.2 Å². The number of halogens is 1. The Morgan fingerprint density at radius 2 is 1.41 bits per heavy atom. The molecule has 4 fully saturated rings. The molecule has 4 amide bonds. The van der Waals surface area contributed by atoms with Gasteiger partial charge in [0.2, 0.25) is 18.0 Å². The zero-order chi connectivity index (χ0) is 50.8. The summed E-state index contributed by atoms with van der Waals surface area (Å²) in [5, 5.41) is 6.45. The van der Waals surface area contributed by atoms with E-state index in [1.54, 1.807) is 28.6 Å². The van der Waals surface area contributed by atoms with Gasteiger partial charge in [-0.15, -0.1) is 11.3 Å². The molecule has 6 aromatic rings. The predicted molar refractivity (Wildman–Crippen MR) is 271 cm³/mol. The van der Waals surface area contributed by atoms with Crippen molar-refractivity contribution in [2.45, 2.75) is 128 Å². The number of imidazole rings is 2. The predicted octanol–water partition coefficient (Wildman–Crippen LogP) is 9.74. The minimum absolute atomic E-state index is 0.0493. The molecule has 5 aliphatic rings. The molecular weight excluding hydrogens is 954 g/mol. The molecule has 384 valence electrons. The number of aromatic amines is 2. The van der Waals surface area contributed by atoms with Crippen molar-refractivity contribution in [1.29, 1.82) is 0 Å². The largest absolute Gasteiger partial charge is 0.464 e. The normalized spacial score (nSPS) is 23.5. The van der Waals surface area contributed by atoms with Crippen molar-refractivity contribution in [2.75, 3.05) is 27.3 Å². The van der Waals surface area contributed by atoms with Crippen LogP contribution in [0, 0.1) is 17.7 Å². The Hall–Kier alpha value is -6.73. The highest BCUT2D eigenvalue weighted by Gasteiger charge is 2.43. The topological polar surface area (TPSA) is 198 Å². The van der Waals surface area contributed by atoms with Crippen LogP contribution in [0.25, 0.3) is 44.7 Å². The fourth-order valence-electron chi connectivity index (χ4n) is 11.7. The van der Waals surface area contributed by atoms with Crippen LogP contribution in [0.15, 0.2) is 60.9 Å². The van der Waals surface area contributed by atoms with Gasteiger partial charge in [0.25, 0.3) is 0 Å². The van der Waals surface area contributed by atoms with Gasteiger partial charge in [-0.25, -0.2) is 23.9 Å². The Balaban J connectivity index is 0.893. The van der Waals surface area contributed by atoms with Crippen LogP contribution in [0.2, 0.25) is 0 Å². The van der Waals surface area contributed by atoms with E-state index in [0.29, 0.717) is 84.6 Å². The number of hydrogen-bond donors (Lipinski definition) is 4. The molecule has 0 spiro atoms. The van der Waals surface area contributed by atoms with Crippen LogP contribution in [0.5, 0.6) is 5.75 Å². The Morgan fingerprint density at radius 1 is 0.781 bits per heavy atom. The first-order valence-corrected chi connectivity index (χ1v) is 26.4. The number of H-pyrrole nitrogens is 2. The van der Waals surface area contributed by atoms with Gasteiger partial charge in [0, 0.05) is 34.5 Å². The fourth-order valence-corrected chi connectivity index (χ4v) is 12.9. The number of hydrogen-bond acceptors (Lipinski definition) is 11. The number of ether oxygens (including phenoxy) is 4. The molecule has 4 aromatic heterocycles. The number of nitrogens with zero attached hydrogens (tertiary/aromatic N) is 5. The summed E-state index contributed by atoms with van der Waals surface area (Å²) in [6, 6.07) is 13.6. The quantitative estimate of drug-likeness (QED) is 0.0916. The average molecular weight is 1020 g/mol. The zero-order valence-corrected chi connectivity index (χ0v) is 42.7. The molecule has 17 nitrogen and oxygen atoms in total. The molecular formula is C54H62FN9O8S. The average Bonchev–Trinajstić information content (AvgIpc) is 4.10. The maximum atomic E-state index is 17.0. The zero-order valence-electron chi connectivity index (χ0n) is 41.9. The fraction of sp³-hybridized carbons (Fsp3) is 0.481. The third kappa shape index (κ3) is 9.23. The number of likely N-dealkylation sites (tertiary alicyclic amines) is 2. The summed E-state index contributed by atoms with van der Waals surface area (Å²) in [5.74, 6) is 1.08. The lowest BCUT2D eigenvalue weighted by Crippen LogP contribution is -2.54. The van der Waals surface area contributed by atoms with Crippen LogP contribution < -0.4 is 15.4 Å². The second-order valence-electron chi connectivity index (χ2n) is 20.7. The van der Waals surface area contributed by atoms with E-state index in [0.717, 1.165) is 52.7 Å². The first-order valence-electron chi connectivity index (χ1n) is 25.6. The van der Waals surface area contributed by atoms with Gasteiger partial charge in [0.05, 0.1) is 83.9 Å². The van der Waals surface area contributed by atoms with E-state index < -0.39 is 36.3 Å². The summed E-state index contributed by atoms with van der Waals surface area (Å²) in [4.78, 5) is 75.5. The molecule has 1 unspecified atom stereocenters. The Bertz CT molecular complexity index is 3080. The second-order valence-corrected chi connectivity index (χ2v) is 21.8. The molecule has 4 aliphatic heterocycles. The van der Waals surface area contributed by atoms with Crippen LogP contribution in [-0.2, 0) is 23.8 Å². The number of thiophene rings is 1. The maximum Gasteiger partial charge on any atom is 0.407 e. The Morgan fingerprint density at radius 3 is 2.05 bits per heavy atom. The van der Waals surface area contributed by atoms with Crippen molar-refractivity contribution >= 4 is 46.2 Å². The first-order chi connectivity index (χ1) is 35.3. The van der Waals surface area contributed by atoms with Crippen molar-refractivity contribution in [3.8, 4) is 39.5 Å². The molecule has 7 atom stereocenters. The lowest BCUT2D eigenvalue weighted by molar-refractivity contribution is -0.138. The van der Waals surface area contributed by atoms with Crippen LogP contribution in [0.4, 0.5) is 14.0 Å². The monoisotopic (exact) mass is 1020 g/mol. The maximum absolute atomic E-state index is 17.0. The van der Waals surface area contributed by atoms with Gasteiger partial charge < -0.3 is 49.3 Å². The molecule has 2 aromatic carbocycles. The second kappa shape index (κ2) is 19.6. The summed E-state index contributed by atoms with van der Waals surface area (Å²) < 4.78 is 41.8. The number of carbonyl (C=O) groups excluding carboxylic acids is 4. The molecule has 19 heteroatoms. The van der Waals surface area contributed by atoms with Crippen molar-refractivity contribution in [3.05, 3.63) is 88.1 Å². The van der Waals surface area contributed by atoms with Crippen LogP contribution in [-0.4, -0.2) is 110 Å². The van der Waals surface area contributed by atoms with E-state index >= 15 is 4.39 Å². The van der Waals surface area contributed by atoms with Gasteiger partial charge in [-0.1, -0.05) is 19.9 Å². The standard InChI is InChI=1S/C54H62FN9O8S/c1-27(2)46(60-53(67)69-5)50(65)62-17-7-9-39(62)49-57-26-37(59-49)32-22-35(55)45-41-23-33-21-31(13-14-38(33)64(41)52(72-42(45)24-32)44-16-15-43(73-44)30-11-12-30)36-25-56-48(58-36)40-10-8-18-63(40)51(66)47(61-54(68)70-6)34-19-28(3)71-29(4)20-34/h13-16,21-30,34,39-40,46-47,52H,7-12,17-20H2,1-6H3,(H,56,58)(H,57,59)(H,60,67)(H,61,68)/t28-,29-,39+,40+,46+,47+,52?/m1/s1. The Labute approximate surface area is 426 Å². The third-order valence-corrected chi connectivity index (χ3v) is 16.6. The lowest BCUT2D eigenvalue weighted by Gasteiger charge is -2.38. The van der Waals surface area contributed by atoms with E-state index in [-0.39, 0.29) is 47.9 Å². The van der Waals surface area contributed by atoms with Crippen LogP contribution >= 0.6 is 11.3 Å². The smallest absolute Gasteiger partial charge is 0.407 e. The first kappa shape index (κ1) is 48.5. The van der Waals surface area contributed by atoms with Crippen LogP contribution in [0.1, 0.15) is 125 Å². The lowest BCUT2D eigenvalue weighted by atomic mass is 9.85. The van der Waals surface area contributed by atoms with Gasteiger partial charge in [-0.05, 0) is 125 Å². The molecule has 4 N–H and O–H groups in total. The van der Waals surface area contributed by atoms with Gasteiger partial charge in [0.1, 0.15) is 35.3 Å². The summed E-state index contributed by atoms with van der Waals surface area (Å²) in [6.07, 6.45) is 8.02. The molecule has 0 bridgehead atoms. The van der Waals surface area contributed by atoms with Gasteiger partial charge in [0.15, 0.2) is 0 Å². The highest BCUT2D eigenvalue weighted by atomic mass is 32.1. The molecule has 0 radical (unpaired) electrons. The number of rotatable bonds is 12. The molecule has 1 aliphatic carbocycles. The van der Waals surface area contributed by atoms with Gasteiger partial charge in [-0.2, -0.15) is 0 Å². The molecule has 3 saturated heterocycles. The summed E-state index contributed by atoms with van der Waals surface area (Å²) in [6.45, 7) is 8.78. The third-order valence-electron chi connectivity index (χ3n) is 15.3. The minimum atomic E-state index is -0.771. The van der Waals surface area contributed by atoms with Gasteiger partial charge in [-0.3, -0.25) is 14.2 Å². The SMILES string of the molecule is COC(=O)N[C@H](C(=O)N1CCC[C@H]1c1ncc(-c2cc(F)c3c(c2)OC(c2ccc(C4CC4)s2)n2c-3cc3cc(-c4cnc([C@@H]5CCCN5C(=O)[C@@H](NC(=O)OC)C5C[C@@H](C)O[C@H](C)C5)[nH]4)ccc32)[nH]1)C(C)C. The Kier molecular flexibility index (Phi) is 13.0. The van der Waals surface area contributed by atoms with E-state index in [1.165, 1.54) is 25.2 Å². The number of benzene rings is 2. The highest BCUT2D eigenvalue weighted by molar-refractivity contribution is 7.12. The number of nitrogens with one attached hydrogen (secondary N) is 4. The molecule has 11 rings (SSSR count). The van der Waals surface area contributed by atoms with E-state index in [1.807, 2.05) is 56.9 Å². The summed E-state index contributed by atoms with van der Waals surface area (Å²) >= 11 is 1.73. The molecule has 73 heavy (non-hydrogen) atoms. The number of fused-ring (bicyclic) bond motifs is 5. The number of amides is 4. The van der Waals surface area contributed by atoms with E-state index in [9.17, 15) is 19.2 Å². The summed E-state index contributed by atoms with van der Waals surface area (Å²) in [5.41, 5.74) is 4.69. The molecule has 8 heterocycles. The molecule has 1 saturated carbocycles. The number of aromatic nitrogens is 5. The van der Waals surface area contributed by atoms with Crippen molar-refractivity contribution < 1.29 is 42.5 Å². The number of carbonyl (C=O) groups is 4. The number of methoxy groups -OCH3 is 2. The highest BCUT2D eigenvalue weighted by Crippen LogP contribution is 2.50. The van der Waals surface area contributed by atoms with Crippen molar-refractivity contribution in [3.63, 3.8) is 0 Å². The minimum Gasteiger partial charge on any atom is -0.464 e. The number of alkyl carbamates (subject to hydrolysis) is 2. The van der Waals surface area contributed by atoms with E-state index in [4.69, 9.17) is 28.9 Å². The van der Waals surface area contributed by atoms with Crippen LogP contribution in [0.3, 0.4) is 0 Å².